The van der Waals surface area contributed by atoms with Gasteiger partial charge in [-0.15, -0.1) is 0 Å². The van der Waals surface area contributed by atoms with E-state index in [2.05, 4.69) is 15.2 Å². The average Bonchev–Trinajstić information content (AvgIpc) is 3.58. The number of hydrogen-bond acceptors (Lipinski definition) is 13. The van der Waals surface area contributed by atoms with Crippen LogP contribution < -0.4 is 15.3 Å². The van der Waals surface area contributed by atoms with Crippen molar-refractivity contribution in [1.82, 2.24) is 19.7 Å². The molecular formula is C35H48N5O10P. The maximum Gasteiger partial charge on any atom is 0.459 e. The number of aromatic nitrogens is 3. The lowest BCUT2D eigenvalue weighted by Crippen LogP contribution is -2.45. The number of nitrogens with two attached hydrogens (primary N) is 1. The van der Waals surface area contributed by atoms with Crippen LogP contribution in [0.4, 0.5) is 5.82 Å². The maximum atomic E-state index is 14.4. The molecule has 3 N–H and O–H groups in total. The molecule has 0 bridgehead atoms. The average molecular weight is 730 g/mol. The van der Waals surface area contributed by atoms with Crippen LogP contribution in [0.15, 0.2) is 48.8 Å². The summed E-state index contributed by atoms with van der Waals surface area (Å²) < 4.78 is 52.1. The second-order valence-electron chi connectivity index (χ2n) is 14.0. The lowest BCUT2D eigenvalue weighted by molar-refractivity contribution is -0.172. The largest absolute Gasteiger partial charge is 0.461 e. The molecule has 1 saturated carbocycles. The lowest BCUT2D eigenvalue weighted by Gasteiger charge is -2.31. The summed E-state index contributed by atoms with van der Waals surface area (Å²) in [5.41, 5.74) is 5.55. The number of anilines is 1. The highest BCUT2D eigenvalue weighted by Crippen LogP contribution is 2.48. The van der Waals surface area contributed by atoms with Gasteiger partial charge in [0.05, 0.1) is 12.3 Å². The van der Waals surface area contributed by atoms with Crippen LogP contribution in [0, 0.1) is 11.8 Å². The van der Waals surface area contributed by atoms with Crippen molar-refractivity contribution in [2.45, 2.75) is 110 Å². The van der Waals surface area contributed by atoms with E-state index < -0.39 is 62.2 Å². The fourth-order valence-electron chi connectivity index (χ4n) is 5.92. The Kier molecular flexibility index (Phi) is 12.1. The molecule has 2 fully saturated rings. The van der Waals surface area contributed by atoms with Crippen molar-refractivity contribution in [1.29, 1.82) is 0 Å². The molecule has 15 nitrogen and oxygen atoms in total. The van der Waals surface area contributed by atoms with Crippen molar-refractivity contribution in [3.8, 4) is 5.75 Å². The van der Waals surface area contributed by atoms with Crippen LogP contribution in [-0.2, 0) is 48.0 Å². The number of esters is 3. The molecule has 0 spiro atoms. The van der Waals surface area contributed by atoms with E-state index in [-0.39, 0.29) is 42.3 Å². The van der Waals surface area contributed by atoms with Gasteiger partial charge in [0.15, 0.2) is 18.0 Å². The topological polar surface area (TPSA) is 192 Å². The predicted molar refractivity (Wildman–Crippen MR) is 185 cm³/mol. The number of fused-ring (bicyclic) bond motifs is 1. The number of carbonyl (C=O) groups is 3. The number of nitrogen functional groups attached to an aromatic ring is 1. The standard InChI is InChI=1S/C35H48N5O10P/c1-21(2)17-29(41)47-31-27(19-45-51(44,50-25-11-8-7-9-12-25)39-23(5)34(43)46-24-13-10-14-24)49-35(6,32(31)48-30(42)18-22(3)4)28-16-15-26-33(36)37-20-38-40(26)28/h7-9,11-12,15-16,20-24,27,31-32H,10,13-14,17-19H2,1-6H3,(H,39,44)(H2,36,37,38)/t23-,27+,31+,32+,35-,51?/m0/s1. The zero-order chi connectivity index (χ0) is 36.9. The number of hydrogen-bond donors (Lipinski definition) is 2. The minimum absolute atomic E-state index is 0.0288. The molecule has 1 unspecified atom stereocenters. The number of rotatable bonds is 16. The van der Waals surface area contributed by atoms with Crippen molar-refractivity contribution >= 4 is 37.0 Å². The van der Waals surface area contributed by atoms with E-state index in [1.54, 1.807) is 49.4 Å². The van der Waals surface area contributed by atoms with Crippen LogP contribution in [0.3, 0.4) is 0 Å². The van der Waals surface area contributed by atoms with Crippen LogP contribution in [0.5, 0.6) is 5.75 Å². The van der Waals surface area contributed by atoms with Crippen LogP contribution >= 0.6 is 7.75 Å². The van der Waals surface area contributed by atoms with Crippen molar-refractivity contribution < 1.29 is 46.9 Å². The van der Waals surface area contributed by atoms with Crippen molar-refractivity contribution in [2.75, 3.05) is 12.3 Å². The minimum Gasteiger partial charge on any atom is -0.461 e. The van der Waals surface area contributed by atoms with Gasteiger partial charge in [-0.2, -0.15) is 10.2 Å². The van der Waals surface area contributed by atoms with Gasteiger partial charge in [-0.25, -0.2) is 14.1 Å². The van der Waals surface area contributed by atoms with Crippen LogP contribution in [0.1, 0.15) is 79.3 Å². The summed E-state index contributed by atoms with van der Waals surface area (Å²) in [6, 6.07) is 10.7. The molecule has 2 aliphatic rings. The van der Waals surface area contributed by atoms with Gasteiger partial charge in [0, 0.05) is 12.8 Å². The molecule has 0 amide bonds. The van der Waals surface area contributed by atoms with E-state index in [9.17, 15) is 18.9 Å². The van der Waals surface area contributed by atoms with Gasteiger partial charge in [-0.1, -0.05) is 45.9 Å². The third-order valence-electron chi connectivity index (χ3n) is 8.69. The molecule has 278 valence electrons. The first-order valence-corrected chi connectivity index (χ1v) is 18.8. The first kappa shape index (κ1) is 38.2. The summed E-state index contributed by atoms with van der Waals surface area (Å²) in [7, 11) is -4.36. The Morgan fingerprint density at radius 3 is 2.29 bits per heavy atom. The number of para-hydroxylation sites is 1. The fourth-order valence-corrected chi connectivity index (χ4v) is 7.42. The van der Waals surface area contributed by atoms with Gasteiger partial charge in [-0.05, 0) is 69.2 Å². The maximum absolute atomic E-state index is 14.4. The predicted octanol–water partition coefficient (Wildman–Crippen LogP) is 5.12. The Balaban J connectivity index is 1.50. The second kappa shape index (κ2) is 16.1. The normalized spacial score (nSPS) is 23.8. The summed E-state index contributed by atoms with van der Waals surface area (Å²) in [4.78, 5) is 43.5. The van der Waals surface area contributed by atoms with Gasteiger partial charge in [0.1, 0.15) is 41.4 Å². The van der Waals surface area contributed by atoms with E-state index in [1.807, 2.05) is 27.7 Å². The first-order valence-electron chi connectivity index (χ1n) is 17.3. The molecule has 1 aliphatic heterocycles. The molecule has 5 rings (SSSR count). The monoisotopic (exact) mass is 729 g/mol. The van der Waals surface area contributed by atoms with Gasteiger partial charge in [0.2, 0.25) is 0 Å². The molecule has 6 atom stereocenters. The zero-order valence-corrected chi connectivity index (χ0v) is 30.7. The summed E-state index contributed by atoms with van der Waals surface area (Å²) in [5, 5.41) is 7.06. The van der Waals surface area contributed by atoms with Crippen LogP contribution in [0.25, 0.3) is 5.52 Å². The summed E-state index contributed by atoms with van der Waals surface area (Å²) in [6.45, 7) is 10.2. The lowest BCUT2D eigenvalue weighted by atomic mass is 9.92. The van der Waals surface area contributed by atoms with E-state index in [0.717, 1.165) is 19.3 Å². The Labute approximate surface area is 297 Å². The molecule has 16 heteroatoms. The zero-order valence-electron chi connectivity index (χ0n) is 29.9. The van der Waals surface area contributed by atoms with E-state index in [4.69, 9.17) is 33.7 Å². The summed E-state index contributed by atoms with van der Waals surface area (Å²) in [5.74, 6) is -1.35. The van der Waals surface area contributed by atoms with Gasteiger partial charge < -0.3 is 29.2 Å². The van der Waals surface area contributed by atoms with E-state index >= 15 is 0 Å². The number of nitrogens with zero attached hydrogens (tertiary/aromatic N) is 3. The van der Waals surface area contributed by atoms with Crippen molar-refractivity contribution in [3.63, 3.8) is 0 Å². The van der Waals surface area contributed by atoms with E-state index in [0.29, 0.717) is 11.2 Å². The van der Waals surface area contributed by atoms with Gasteiger partial charge in [0.25, 0.3) is 0 Å². The molecule has 3 aromatic rings. The molecule has 51 heavy (non-hydrogen) atoms. The quantitative estimate of drug-likeness (QED) is 0.112. The Bertz CT molecular complexity index is 1730. The number of ether oxygens (including phenoxy) is 4. The molecule has 2 aromatic heterocycles. The highest BCUT2D eigenvalue weighted by atomic mass is 31.2. The molecule has 1 aromatic carbocycles. The molecular weight excluding hydrogens is 681 g/mol. The number of carbonyl (C=O) groups excluding carboxylic acids is 3. The third kappa shape index (κ3) is 9.26. The van der Waals surface area contributed by atoms with Crippen molar-refractivity contribution in [3.05, 3.63) is 54.5 Å². The van der Waals surface area contributed by atoms with Crippen LogP contribution in [-0.4, -0.2) is 69.6 Å². The summed E-state index contributed by atoms with van der Waals surface area (Å²) in [6.07, 6.45) is 0.158. The third-order valence-corrected chi connectivity index (χ3v) is 10.3. The molecule has 1 aliphatic carbocycles. The highest BCUT2D eigenvalue weighted by Gasteiger charge is 2.59. The molecule has 3 heterocycles. The van der Waals surface area contributed by atoms with E-state index in [1.165, 1.54) is 17.8 Å². The minimum atomic E-state index is -4.36. The Morgan fingerprint density at radius 2 is 1.67 bits per heavy atom. The Hall–Kier alpha value is -4.04. The smallest absolute Gasteiger partial charge is 0.459 e. The van der Waals surface area contributed by atoms with Crippen molar-refractivity contribution in [2.24, 2.45) is 11.8 Å². The van der Waals surface area contributed by atoms with Crippen LogP contribution in [0.2, 0.25) is 0 Å². The molecule has 1 saturated heterocycles. The summed E-state index contributed by atoms with van der Waals surface area (Å²) >= 11 is 0. The number of benzene rings is 1. The van der Waals surface area contributed by atoms with Gasteiger partial charge in [-0.3, -0.25) is 18.9 Å². The molecule has 0 radical (unpaired) electrons. The van der Waals surface area contributed by atoms with Gasteiger partial charge >= 0.3 is 25.7 Å². The SMILES string of the molecule is CC(C)CC(=O)O[C@H]1[C@@H](OC(=O)CC(C)C)[C@](C)(c2ccc3c(N)ncnn23)O[C@@H]1COP(=O)(N[C@@H](C)C(=O)OC1CCC1)Oc1ccccc1. The second-order valence-corrected chi connectivity index (χ2v) is 15.7. The number of nitrogens with one attached hydrogen (secondary N) is 1. The highest BCUT2D eigenvalue weighted by molar-refractivity contribution is 7.52. The fraction of sp³-hybridized carbons (Fsp3) is 0.571. The Morgan fingerprint density at radius 1 is 1.00 bits per heavy atom. The first-order chi connectivity index (χ1) is 24.2.